The molecule has 0 aliphatic carbocycles. The van der Waals surface area contributed by atoms with Gasteiger partial charge in [0.25, 0.3) is 5.56 Å². The van der Waals surface area contributed by atoms with E-state index in [-0.39, 0.29) is 16.0 Å². The van der Waals surface area contributed by atoms with Gasteiger partial charge in [-0.25, -0.2) is 4.98 Å². The Balaban J connectivity index is 2.53. The highest BCUT2D eigenvalue weighted by Gasteiger charge is 2.14. The molecule has 3 rings (SSSR count). The highest BCUT2D eigenvalue weighted by molar-refractivity contribution is 7.80. The van der Waals surface area contributed by atoms with Crippen LogP contribution in [-0.4, -0.2) is 18.9 Å². The maximum absolute atomic E-state index is 12.9. The van der Waals surface area contributed by atoms with Gasteiger partial charge < -0.3 is 10.3 Å². The maximum Gasteiger partial charge on any atom is 0.267 e. The third-order valence-electron chi connectivity index (χ3n) is 4.13. The summed E-state index contributed by atoms with van der Waals surface area (Å²) in [5, 5.41) is 8.84. The second kappa shape index (κ2) is 6.16. The molecule has 3 N–H and O–H groups in total. The van der Waals surface area contributed by atoms with Crippen LogP contribution < -0.4 is 16.8 Å². The highest BCUT2D eigenvalue weighted by Crippen LogP contribution is 2.13. The number of nitrogens with zero attached hydrogens (tertiary/aromatic N) is 3. The van der Waals surface area contributed by atoms with E-state index in [1.807, 2.05) is 19.1 Å². The number of aromatic nitrogens is 3. The summed E-state index contributed by atoms with van der Waals surface area (Å²) in [6.45, 7) is 4.58. The lowest BCUT2D eigenvalue weighted by Gasteiger charge is -2.14. The minimum Gasteiger partial charge on any atom is -0.389 e. The number of hydrogen-bond donors (Lipinski definition) is 2. The van der Waals surface area contributed by atoms with Gasteiger partial charge in [-0.2, -0.15) is 0 Å². The third kappa shape index (κ3) is 2.50. The van der Waals surface area contributed by atoms with Crippen LogP contribution in [0.5, 0.6) is 0 Å². The SMILES string of the molecule is CCCCn1c(=N)c(C(N)=S)cc2c(=O)n3cccc(C)c3nc21. The first-order valence-corrected chi connectivity index (χ1v) is 8.26. The second-order valence-corrected chi connectivity index (χ2v) is 6.25. The van der Waals surface area contributed by atoms with Gasteiger partial charge in [-0.05, 0) is 31.0 Å². The molecule has 3 aromatic heterocycles. The molecule has 24 heavy (non-hydrogen) atoms. The Labute approximate surface area is 144 Å². The van der Waals surface area contributed by atoms with Gasteiger partial charge in [0, 0.05) is 12.7 Å². The van der Waals surface area contributed by atoms with Gasteiger partial charge in [-0.15, -0.1) is 0 Å². The zero-order valence-electron chi connectivity index (χ0n) is 13.7. The zero-order valence-corrected chi connectivity index (χ0v) is 14.5. The fourth-order valence-corrected chi connectivity index (χ4v) is 2.97. The highest BCUT2D eigenvalue weighted by atomic mass is 32.1. The Morgan fingerprint density at radius 2 is 2.17 bits per heavy atom. The van der Waals surface area contributed by atoms with Crippen molar-refractivity contribution in [3.8, 4) is 0 Å². The molecule has 124 valence electrons. The third-order valence-corrected chi connectivity index (χ3v) is 4.35. The molecule has 0 radical (unpaired) electrons. The van der Waals surface area contributed by atoms with Crippen molar-refractivity contribution >= 4 is 33.9 Å². The smallest absolute Gasteiger partial charge is 0.267 e. The quantitative estimate of drug-likeness (QED) is 0.560. The van der Waals surface area contributed by atoms with E-state index in [9.17, 15) is 4.79 Å². The first kappa shape index (κ1) is 16.3. The van der Waals surface area contributed by atoms with Crippen LogP contribution in [0.25, 0.3) is 16.7 Å². The summed E-state index contributed by atoms with van der Waals surface area (Å²) in [6.07, 6.45) is 3.54. The van der Waals surface area contributed by atoms with E-state index in [1.165, 1.54) is 4.40 Å². The van der Waals surface area contributed by atoms with Crippen molar-refractivity contribution in [1.82, 2.24) is 14.0 Å². The fraction of sp³-hybridized carbons (Fsp3) is 0.294. The van der Waals surface area contributed by atoms with Crippen molar-refractivity contribution in [1.29, 1.82) is 5.41 Å². The number of fused-ring (bicyclic) bond motifs is 2. The molecule has 3 heterocycles. The fourth-order valence-electron chi connectivity index (χ4n) is 2.82. The Morgan fingerprint density at radius 3 is 2.83 bits per heavy atom. The van der Waals surface area contributed by atoms with Crippen molar-refractivity contribution in [2.75, 3.05) is 0 Å². The van der Waals surface area contributed by atoms with Gasteiger partial charge in [0.1, 0.15) is 21.8 Å². The van der Waals surface area contributed by atoms with Gasteiger partial charge in [0.05, 0.1) is 10.9 Å². The molecule has 0 unspecified atom stereocenters. The molecular weight excluding hydrogens is 322 g/mol. The molecule has 0 amide bonds. The Hall–Kier alpha value is -2.54. The molecule has 0 fully saturated rings. The number of aryl methyl sites for hydroxylation is 2. The molecular formula is C17H19N5OS. The monoisotopic (exact) mass is 341 g/mol. The van der Waals surface area contributed by atoms with Crippen molar-refractivity contribution in [2.45, 2.75) is 33.2 Å². The summed E-state index contributed by atoms with van der Waals surface area (Å²) in [7, 11) is 0. The number of thiocarbonyl (C=S) groups is 1. The van der Waals surface area contributed by atoms with Gasteiger partial charge in [-0.3, -0.25) is 14.6 Å². The molecule has 0 saturated carbocycles. The van der Waals surface area contributed by atoms with Crippen LogP contribution in [0.2, 0.25) is 0 Å². The summed E-state index contributed by atoms with van der Waals surface area (Å²) in [5.41, 5.74) is 8.20. The molecule has 3 aromatic rings. The number of nitrogens with one attached hydrogen (secondary N) is 1. The first-order valence-electron chi connectivity index (χ1n) is 7.85. The zero-order chi connectivity index (χ0) is 17.4. The number of rotatable bonds is 4. The average molecular weight is 341 g/mol. The van der Waals surface area contributed by atoms with E-state index in [4.69, 9.17) is 23.4 Å². The lowest BCUT2D eigenvalue weighted by molar-refractivity contribution is 0.614. The van der Waals surface area contributed by atoms with Crippen LogP contribution >= 0.6 is 12.2 Å². The number of nitrogens with two attached hydrogens (primary N) is 1. The molecule has 0 aromatic carbocycles. The van der Waals surface area contributed by atoms with Crippen LogP contribution in [0.4, 0.5) is 0 Å². The largest absolute Gasteiger partial charge is 0.389 e. The van der Waals surface area contributed by atoms with Crippen LogP contribution in [0, 0.1) is 12.3 Å². The molecule has 0 aliphatic heterocycles. The normalized spacial score (nSPS) is 11.2. The lowest BCUT2D eigenvalue weighted by Crippen LogP contribution is -2.32. The second-order valence-electron chi connectivity index (χ2n) is 5.82. The van der Waals surface area contributed by atoms with Crippen LogP contribution in [-0.2, 0) is 6.54 Å². The molecule has 7 heteroatoms. The van der Waals surface area contributed by atoms with Gasteiger partial charge in [0.2, 0.25) is 0 Å². The van der Waals surface area contributed by atoms with Crippen molar-refractivity contribution in [2.24, 2.45) is 5.73 Å². The standard InChI is InChI=1S/C17H19N5OS/c1-3-4-7-21-13(18)11(14(19)24)9-12-16(21)20-15-10(2)6-5-8-22(15)17(12)23/h5-6,8-9,18H,3-4,7H2,1-2H3,(H2,19,24). The van der Waals surface area contributed by atoms with Gasteiger partial charge in [-0.1, -0.05) is 31.6 Å². The van der Waals surface area contributed by atoms with Crippen molar-refractivity contribution in [3.63, 3.8) is 0 Å². The van der Waals surface area contributed by atoms with Crippen molar-refractivity contribution < 1.29 is 0 Å². The van der Waals surface area contributed by atoms with Gasteiger partial charge >= 0.3 is 0 Å². The van der Waals surface area contributed by atoms with Gasteiger partial charge in [0.15, 0.2) is 0 Å². The molecule has 0 atom stereocenters. The topological polar surface area (TPSA) is 89.2 Å². The molecule has 0 saturated heterocycles. The number of pyridine rings is 2. The Morgan fingerprint density at radius 1 is 1.42 bits per heavy atom. The van der Waals surface area contributed by atoms with E-state index < -0.39 is 0 Å². The molecule has 0 spiro atoms. The van der Waals surface area contributed by atoms with Crippen LogP contribution in [0.15, 0.2) is 29.2 Å². The van der Waals surface area contributed by atoms with E-state index in [2.05, 4.69) is 11.9 Å². The predicted molar refractivity (Wildman–Crippen MR) is 98.3 cm³/mol. The van der Waals surface area contributed by atoms with E-state index in [0.29, 0.717) is 28.8 Å². The minimum absolute atomic E-state index is 0.112. The lowest BCUT2D eigenvalue weighted by atomic mass is 10.2. The molecule has 0 aliphatic rings. The first-order chi connectivity index (χ1) is 11.5. The number of unbranched alkanes of at least 4 members (excludes halogenated alkanes) is 1. The van der Waals surface area contributed by atoms with Crippen molar-refractivity contribution in [3.05, 3.63) is 51.4 Å². The number of hydrogen-bond acceptors (Lipinski definition) is 4. The van der Waals surface area contributed by atoms with E-state index in [0.717, 1.165) is 18.4 Å². The van der Waals surface area contributed by atoms with E-state index in [1.54, 1.807) is 16.8 Å². The predicted octanol–water partition coefficient (Wildman–Crippen LogP) is 1.87. The maximum atomic E-state index is 12.9. The summed E-state index contributed by atoms with van der Waals surface area (Å²) in [5.74, 6) is 0. The molecule has 6 nitrogen and oxygen atoms in total. The summed E-state index contributed by atoms with van der Waals surface area (Å²) in [6, 6.07) is 5.32. The average Bonchev–Trinajstić information content (AvgIpc) is 2.55. The Bertz CT molecular complexity index is 1080. The van der Waals surface area contributed by atoms with E-state index >= 15 is 0 Å². The minimum atomic E-state index is -0.179. The summed E-state index contributed by atoms with van der Waals surface area (Å²) < 4.78 is 3.26. The summed E-state index contributed by atoms with van der Waals surface area (Å²) >= 11 is 5.06. The Kier molecular flexibility index (Phi) is 4.19. The summed E-state index contributed by atoms with van der Waals surface area (Å²) in [4.78, 5) is 17.7. The molecule has 0 bridgehead atoms. The van der Waals surface area contributed by atoms with Crippen LogP contribution in [0.1, 0.15) is 30.9 Å². The van der Waals surface area contributed by atoms with Crippen LogP contribution in [0.3, 0.4) is 0 Å².